The summed E-state index contributed by atoms with van der Waals surface area (Å²) in [6, 6.07) is 14.3. The van der Waals surface area contributed by atoms with Gasteiger partial charge < -0.3 is 4.74 Å². The van der Waals surface area contributed by atoms with Crippen LogP contribution in [-0.4, -0.2) is 19.5 Å². The number of aromatic nitrogens is 1. The van der Waals surface area contributed by atoms with E-state index >= 15 is 0 Å². The van der Waals surface area contributed by atoms with Crippen LogP contribution >= 0.6 is 0 Å². The van der Waals surface area contributed by atoms with Gasteiger partial charge in [0.15, 0.2) is 0 Å². The van der Waals surface area contributed by atoms with Crippen molar-refractivity contribution in [2.45, 2.75) is 38.3 Å². The van der Waals surface area contributed by atoms with Gasteiger partial charge in [0.25, 0.3) is 0 Å². The first-order valence-electron chi connectivity index (χ1n) is 8.46. The van der Waals surface area contributed by atoms with Gasteiger partial charge in [0.05, 0.1) is 16.5 Å². The standard InChI is InChI=1S/C20H22N2O3S/c1-14(2)25-17-7-4-6-16(12-17)13-22-26(23,24)19-10-9-15(3)20-18(19)8-5-11-21-20/h4-12,14,22H,13H2,1-3H3. The summed E-state index contributed by atoms with van der Waals surface area (Å²) in [7, 11) is -3.67. The van der Waals surface area contributed by atoms with E-state index in [1.807, 2.05) is 45.0 Å². The van der Waals surface area contributed by atoms with E-state index in [0.717, 1.165) is 16.9 Å². The van der Waals surface area contributed by atoms with Crippen LogP contribution in [0, 0.1) is 6.92 Å². The van der Waals surface area contributed by atoms with E-state index < -0.39 is 10.0 Å². The van der Waals surface area contributed by atoms with Crippen molar-refractivity contribution in [1.82, 2.24) is 9.71 Å². The van der Waals surface area contributed by atoms with Gasteiger partial charge in [-0.1, -0.05) is 18.2 Å². The summed E-state index contributed by atoms with van der Waals surface area (Å²) in [5.41, 5.74) is 2.47. The minimum absolute atomic E-state index is 0.0633. The third-order valence-corrected chi connectivity index (χ3v) is 5.42. The Kier molecular flexibility index (Phi) is 5.25. The SMILES string of the molecule is Cc1ccc(S(=O)(=O)NCc2cccc(OC(C)C)c2)c2cccnc12. The quantitative estimate of drug-likeness (QED) is 0.716. The normalized spacial score (nSPS) is 11.8. The van der Waals surface area contributed by atoms with Crippen LogP contribution in [0.2, 0.25) is 0 Å². The molecule has 0 saturated carbocycles. The van der Waals surface area contributed by atoms with E-state index in [2.05, 4.69) is 9.71 Å². The topological polar surface area (TPSA) is 68.3 Å². The maximum absolute atomic E-state index is 12.8. The molecule has 2 aromatic carbocycles. The predicted molar refractivity (Wildman–Crippen MR) is 103 cm³/mol. The smallest absolute Gasteiger partial charge is 0.241 e. The lowest BCUT2D eigenvalue weighted by Crippen LogP contribution is -2.23. The van der Waals surface area contributed by atoms with Crippen LogP contribution in [-0.2, 0) is 16.6 Å². The number of aryl methyl sites for hydroxylation is 1. The Labute approximate surface area is 154 Å². The van der Waals surface area contributed by atoms with E-state index in [4.69, 9.17) is 4.74 Å². The highest BCUT2D eigenvalue weighted by molar-refractivity contribution is 7.89. The molecule has 0 aliphatic rings. The summed E-state index contributed by atoms with van der Waals surface area (Å²) in [5, 5.41) is 0.622. The number of nitrogens with zero attached hydrogens (tertiary/aromatic N) is 1. The Hall–Kier alpha value is -2.44. The summed E-state index contributed by atoms with van der Waals surface area (Å²) in [6.07, 6.45) is 1.73. The highest BCUT2D eigenvalue weighted by Gasteiger charge is 2.18. The fraction of sp³-hybridized carbons (Fsp3) is 0.250. The van der Waals surface area contributed by atoms with Gasteiger partial charge in [0, 0.05) is 18.1 Å². The maximum atomic E-state index is 12.8. The van der Waals surface area contributed by atoms with E-state index in [-0.39, 0.29) is 17.5 Å². The number of benzene rings is 2. The van der Waals surface area contributed by atoms with Gasteiger partial charge in [-0.15, -0.1) is 0 Å². The van der Waals surface area contributed by atoms with Gasteiger partial charge in [-0.25, -0.2) is 13.1 Å². The van der Waals surface area contributed by atoms with Gasteiger partial charge in [-0.2, -0.15) is 0 Å². The summed E-state index contributed by atoms with van der Waals surface area (Å²) in [4.78, 5) is 4.54. The number of fused-ring (bicyclic) bond motifs is 1. The Morgan fingerprint density at radius 1 is 1.12 bits per heavy atom. The molecule has 0 aliphatic carbocycles. The molecule has 3 rings (SSSR count). The lowest BCUT2D eigenvalue weighted by molar-refractivity contribution is 0.242. The molecule has 0 saturated heterocycles. The van der Waals surface area contributed by atoms with Crippen molar-refractivity contribution in [2.75, 3.05) is 0 Å². The van der Waals surface area contributed by atoms with Crippen molar-refractivity contribution in [3.05, 3.63) is 65.9 Å². The largest absolute Gasteiger partial charge is 0.491 e. The fourth-order valence-corrected chi connectivity index (χ4v) is 3.99. The van der Waals surface area contributed by atoms with Crippen LogP contribution in [0.15, 0.2) is 59.6 Å². The first-order valence-corrected chi connectivity index (χ1v) is 9.95. The summed E-state index contributed by atoms with van der Waals surface area (Å²) < 4.78 is 34.0. The molecule has 1 N–H and O–H groups in total. The number of hydrogen-bond donors (Lipinski definition) is 1. The molecule has 6 heteroatoms. The van der Waals surface area contributed by atoms with Crippen molar-refractivity contribution in [2.24, 2.45) is 0 Å². The molecule has 1 aromatic heterocycles. The molecule has 26 heavy (non-hydrogen) atoms. The first kappa shape index (κ1) is 18.4. The van der Waals surface area contributed by atoms with Gasteiger partial charge in [0.1, 0.15) is 5.75 Å². The Morgan fingerprint density at radius 2 is 1.92 bits per heavy atom. The highest BCUT2D eigenvalue weighted by atomic mass is 32.2. The summed E-state index contributed by atoms with van der Waals surface area (Å²) >= 11 is 0. The molecule has 0 fully saturated rings. The second-order valence-corrected chi connectivity index (χ2v) is 8.15. The Bertz CT molecular complexity index is 1030. The minimum atomic E-state index is -3.67. The van der Waals surface area contributed by atoms with Crippen LogP contribution in [0.3, 0.4) is 0 Å². The average molecular weight is 370 g/mol. The zero-order valence-corrected chi connectivity index (χ0v) is 15.9. The van der Waals surface area contributed by atoms with Gasteiger partial charge >= 0.3 is 0 Å². The second-order valence-electron chi connectivity index (χ2n) is 6.42. The van der Waals surface area contributed by atoms with E-state index in [9.17, 15) is 8.42 Å². The number of hydrogen-bond acceptors (Lipinski definition) is 4. The molecule has 0 amide bonds. The van der Waals surface area contributed by atoms with Crippen LogP contribution in [0.4, 0.5) is 0 Å². The van der Waals surface area contributed by atoms with Crippen molar-refractivity contribution in [3.63, 3.8) is 0 Å². The molecular weight excluding hydrogens is 348 g/mol. The highest BCUT2D eigenvalue weighted by Crippen LogP contribution is 2.24. The second kappa shape index (κ2) is 7.43. The van der Waals surface area contributed by atoms with E-state index in [1.54, 1.807) is 30.5 Å². The average Bonchev–Trinajstić information content (AvgIpc) is 2.60. The number of pyridine rings is 1. The van der Waals surface area contributed by atoms with Gasteiger partial charge in [-0.3, -0.25) is 4.98 Å². The third-order valence-electron chi connectivity index (χ3n) is 3.96. The van der Waals surface area contributed by atoms with Gasteiger partial charge in [0.2, 0.25) is 10.0 Å². The summed E-state index contributed by atoms with van der Waals surface area (Å²) in [6.45, 7) is 6.00. The maximum Gasteiger partial charge on any atom is 0.241 e. The van der Waals surface area contributed by atoms with Gasteiger partial charge in [-0.05, 0) is 62.2 Å². The molecule has 0 aliphatic heterocycles. The van der Waals surface area contributed by atoms with E-state index in [1.165, 1.54) is 0 Å². The lowest BCUT2D eigenvalue weighted by atomic mass is 10.1. The molecule has 3 aromatic rings. The van der Waals surface area contributed by atoms with Crippen LogP contribution in [0.1, 0.15) is 25.0 Å². The zero-order chi connectivity index (χ0) is 18.7. The summed E-state index contributed by atoms with van der Waals surface area (Å²) in [5.74, 6) is 0.724. The number of ether oxygens (including phenoxy) is 1. The Morgan fingerprint density at radius 3 is 2.69 bits per heavy atom. The molecule has 0 bridgehead atoms. The molecule has 0 spiro atoms. The molecule has 1 heterocycles. The molecule has 136 valence electrons. The number of rotatable bonds is 6. The van der Waals surface area contributed by atoms with Crippen molar-refractivity contribution >= 4 is 20.9 Å². The minimum Gasteiger partial charge on any atom is -0.491 e. The molecule has 0 radical (unpaired) electrons. The molecular formula is C20H22N2O3S. The number of sulfonamides is 1. The van der Waals surface area contributed by atoms with Crippen LogP contribution in [0.25, 0.3) is 10.9 Å². The predicted octanol–water partition coefficient (Wildman–Crippen LogP) is 3.81. The molecule has 5 nitrogen and oxygen atoms in total. The lowest BCUT2D eigenvalue weighted by Gasteiger charge is -2.13. The first-order chi connectivity index (χ1) is 12.4. The fourth-order valence-electron chi connectivity index (χ4n) is 2.78. The van der Waals surface area contributed by atoms with Crippen LogP contribution in [0.5, 0.6) is 5.75 Å². The third kappa shape index (κ3) is 4.03. The van der Waals surface area contributed by atoms with Crippen LogP contribution < -0.4 is 9.46 Å². The van der Waals surface area contributed by atoms with E-state index in [0.29, 0.717) is 10.9 Å². The zero-order valence-electron chi connectivity index (χ0n) is 15.1. The number of nitrogens with one attached hydrogen (secondary N) is 1. The monoisotopic (exact) mass is 370 g/mol. The van der Waals surface area contributed by atoms with Crippen molar-refractivity contribution < 1.29 is 13.2 Å². The Balaban J connectivity index is 1.86. The molecule has 0 unspecified atom stereocenters. The van der Waals surface area contributed by atoms with Crippen molar-refractivity contribution in [3.8, 4) is 5.75 Å². The molecule has 0 atom stereocenters. The van der Waals surface area contributed by atoms with Crippen molar-refractivity contribution in [1.29, 1.82) is 0 Å².